The highest BCUT2D eigenvalue weighted by Crippen LogP contribution is 2.32. The highest BCUT2D eigenvalue weighted by atomic mass is 16.5. The number of methoxy groups -OCH3 is 1. The van der Waals surface area contributed by atoms with Crippen molar-refractivity contribution >= 4 is 11.9 Å². The third-order valence-electron chi connectivity index (χ3n) is 4.17. The lowest BCUT2D eigenvalue weighted by atomic mass is 9.95. The van der Waals surface area contributed by atoms with Gasteiger partial charge in [-0.3, -0.25) is 4.79 Å². The average molecular weight is 315 g/mol. The summed E-state index contributed by atoms with van der Waals surface area (Å²) in [6.07, 6.45) is 0.777. The summed E-state index contributed by atoms with van der Waals surface area (Å²) in [5.41, 5.74) is 3.38. The van der Waals surface area contributed by atoms with Crippen molar-refractivity contribution in [1.82, 2.24) is 15.5 Å². The van der Waals surface area contributed by atoms with Gasteiger partial charge in [0.25, 0.3) is 5.91 Å². The topological polar surface area (TPSA) is 70.7 Å². The lowest BCUT2D eigenvalue weighted by Crippen LogP contribution is -2.44. The highest BCUT2D eigenvalue weighted by molar-refractivity contribution is 6.01. The number of amides is 3. The minimum atomic E-state index is -0.390. The van der Waals surface area contributed by atoms with Crippen LogP contribution >= 0.6 is 0 Å². The van der Waals surface area contributed by atoms with Crippen LogP contribution in [0.2, 0.25) is 0 Å². The van der Waals surface area contributed by atoms with Crippen LogP contribution < -0.4 is 10.6 Å². The predicted molar refractivity (Wildman–Crippen MR) is 85.7 cm³/mol. The maximum atomic E-state index is 12.7. The molecule has 0 spiro atoms. The summed E-state index contributed by atoms with van der Waals surface area (Å²) < 4.78 is 5.04. The summed E-state index contributed by atoms with van der Waals surface area (Å²) in [5, 5.41) is 5.65. The van der Waals surface area contributed by atoms with Gasteiger partial charge >= 0.3 is 6.03 Å². The molecule has 3 amide bonds. The van der Waals surface area contributed by atoms with Crippen molar-refractivity contribution in [2.24, 2.45) is 0 Å². The van der Waals surface area contributed by atoms with Crippen molar-refractivity contribution in [1.29, 1.82) is 0 Å². The normalized spacial score (nSPS) is 20.4. The second-order valence-corrected chi connectivity index (χ2v) is 5.91. The molecule has 1 aromatic rings. The van der Waals surface area contributed by atoms with Gasteiger partial charge in [0.15, 0.2) is 0 Å². The van der Waals surface area contributed by atoms with Gasteiger partial charge in [-0.1, -0.05) is 29.8 Å². The molecule has 0 aromatic heterocycles. The molecular formula is C17H21N3O3. The first-order chi connectivity index (χ1) is 11.1. The van der Waals surface area contributed by atoms with Gasteiger partial charge in [0, 0.05) is 20.3 Å². The zero-order valence-corrected chi connectivity index (χ0v) is 13.4. The first-order valence-electron chi connectivity index (χ1n) is 7.75. The van der Waals surface area contributed by atoms with Crippen molar-refractivity contribution in [3.63, 3.8) is 0 Å². The zero-order chi connectivity index (χ0) is 16.4. The molecule has 0 saturated carbocycles. The van der Waals surface area contributed by atoms with Crippen LogP contribution in [-0.4, -0.2) is 43.6 Å². The quantitative estimate of drug-likeness (QED) is 0.809. The van der Waals surface area contributed by atoms with E-state index in [0.717, 1.165) is 17.5 Å². The average Bonchev–Trinajstić information content (AvgIpc) is 2.83. The number of aryl methyl sites for hydroxylation is 1. The molecule has 0 fully saturated rings. The van der Waals surface area contributed by atoms with Crippen LogP contribution in [-0.2, 0) is 9.53 Å². The fourth-order valence-electron chi connectivity index (χ4n) is 3.11. The van der Waals surface area contributed by atoms with Crippen molar-refractivity contribution in [2.75, 3.05) is 26.8 Å². The Balaban J connectivity index is 1.86. The van der Waals surface area contributed by atoms with E-state index in [1.165, 1.54) is 0 Å². The molecule has 6 nitrogen and oxygen atoms in total. The number of benzene rings is 1. The van der Waals surface area contributed by atoms with Crippen LogP contribution in [0.5, 0.6) is 0 Å². The molecule has 0 aliphatic carbocycles. The molecule has 1 aromatic carbocycles. The molecule has 23 heavy (non-hydrogen) atoms. The van der Waals surface area contributed by atoms with Crippen LogP contribution in [0.15, 0.2) is 35.5 Å². The SMILES string of the molecule is COCCCN1CC2=C(C1=O)C(c1cccc(C)c1)NC(=O)N2. The van der Waals surface area contributed by atoms with Gasteiger partial charge in [-0.15, -0.1) is 0 Å². The van der Waals surface area contributed by atoms with E-state index in [1.807, 2.05) is 31.2 Å². The first-order valence-corrected chi connectivity index (χ1v) is 7.75. The maximum Gasteiger partial charge on any atom is 0.319 e. The standard InChI is InChI=1S/C17H21N3O3/c1-11-5-3-6-12(9-11)15-14-13(18-17(22)19-15)10-20(16(14)21)7-4-8-23-2/h3,5-6,9,15H,4,7-8,10H2,1-2H3,(H2,18,19,22). The summed E-state index contributed by atoms with van der Waals surface area (Å²) >= 11 is 0. The van der Waals surface area contributed by atoms with E-state index in [4.69, 9.17) is 4.74 Å². The minimum absolute atomic E-state index is 0.0184. The number of nitrogens with one attached hydrogen (secondary N) is 2. The second-order valence-electron chi connectivity index (χ2n) is 5.91. The van der Waals surface area contributed by atoms with Crippen molar-refractivity contribution in [2.45, 2.75) is 19.4 Å². The van der Waals surface area contributed by atoms with Gasteiger partial charge in [0.1, 0.15) is 0 Å². The van der Waals surface area contributed by atoms with E-state index >= 15 is 0 Å². The van der Waals surface area contributed by atoms with E-state index in [0.29, 0.717) is 31.0 Å². The molecule has 0 saturated heterocycles. The van der Waals surface area contributed by atoms with Gasteiger partial charge in [0.05, 0.1) is 23.9 Å². The highest BCUT2D eigenvalue weighted by Gasteiger charge is 2.40. The second kappa shape index (κ2) is 6.42. The van der Waals surface area contributed by atoms with Gasteiger partial charge < -0.3 is 20.3 Å². The summed E-state index contributed by atoms with van der Waals surface area (Å²) in [4.78, 5) is 26.5. The molecule has 3 rings (SSSR count). The fourth-order valence-corrected chi connectivity index (χ4v) is 3.11. The van der Waals surface area contributed by atoms with Crippen molar-refractivity contribution < 1.29 is 14.3 Å². The monoisotopic (exact) mass is 315 g/mol. The Kier molecular flexibility index (Phi) is 4.34. The smallest absolute Gasteiger partial charge is 0.319 e. The number of hydrogen-bond acceptors (Lipinski definition) is 3. The molecule has 0 radical (unpaired) electrons. The molecule has 1 atom stereocenters. The molecule has 2 N–H and O–H groups in total. The third-order valence-corrected chi connectivity index (χ3v) is 4.17. The van der Waals surface area contributed by atoms with E-state index in [2.05, 4.69) is 10.6 Å². The van der Waals surface area contributed by atoms with E-state index in [1.54, 1.807) is 12.0 Å². The van der Waals surface area contributed by atoms with Crippen molar-refractivity contribution in [3.05, 3.63) is 46.7 Å². The number of rotatable bonds is 5. The van der Waals surface area contributed by atoms with Crippen LogP contribution in [0.25, 0.3) is 0 Å². The Bertz CT molecular complexity index is 669. The van der Waals surface area contributed by atoms with E-state index in [-0.39, 0.29) is 11.9 Å². The summed E-state index contributed by atoms with van der Waals surface area (Å²) in [7, 11) is 1.65. The number of hydrogen-bond donors (Lipinski definition) is 2. The lowest BCUT2D eigenvalue weighted by Gasteiger charge is -2.25. The molecule has 2 aliphatic rings. The van der Waals surface area contributed by atoms with Crippen LogP contribution in [0.3, 0.4) is 0 Å². The van der Waals surface area contributed by atoms with Crippen LogP contribution in [0.4, 0.5) is 4.79 Å². The fraction of sp³-hybridized carbons (Fsp3) is 0.412. The Morgan fingerprint density at radius 3 is 2.91 bits per heavy atom. The van der Waals surface area contributed by atoms with Gasteiger partial charge in [-0.2, -0.15) is 0 Å². The molecule has 2 heterocycles. The summed E-state index contributed by atoms with van der Waals surface area (Å²) in [5.74, 6) is -0.0184. The number of nitrogens with zero attached hydrogens (tertiary/aromatic N) is 1. The van der Waals surface area contributed by atoms with Crippen molar-refractivity contribution in [3.8, 4) is 0 Å². The minimum Gasteiger partial charge on any atom is -0.385 e. The number of carbonyl (C=O) groups is 2. The Morgan fingerprint density at radius 1 is 1.35 bits per heavy atom. The zero-order valence-electron chi connectivity index (χ0n) is 13.4. The molecule has 6 heteroatoms. The number of ether oxygens (including phenoxy) is 1. The maximum absolute atomic E-state index is 12.7. The summed E-state index contributed by atoms with van der Waals surface area (Å²) in [6.45, 7) is 3.68. The lowest BCUT2D eigenvalue weighted by molar-refractivity contribution is -0.125. The van der Waals surface area contributed by atoms with Gasteiger partial charge in [0.2, 0.25) is 0 Å². The molecular weight excluding hydrogens is 294 g/mol. The Hall–Kier alpha value is -2.34. The predicted octanol–water partition coefficient (Wildman–Crippen LogP) is 1.48. The van der Waals surface area contributed by atoms with Crippen LogP contribution in [0.1, 0.15) is 23.6 Å². The van der Waals surface area contributed by atoms with Crippen LogP contribution in [0, 0.1) is 6.92 Å². The Morgan fingerprint density at radius 2 is 2.17 bits per heavy atom. The van der Waals surface area contributed by atoms with Gasteiger partial charge in [-0.05, 0) is 18.9 Å². The molecule has 1 unspecified atom stereocenters. The Labute approximate surface area is 135 Å². The van der Waals surface area contributed by atoms with E-state index < -0.39 is 6.04 Å². The van der Waals surface area contributed by atoms with E-state index in [9.17, 15) is 9.59 Å². The summed E-state index contributed by atoms with van der Waals surface area (Å²) in [6, 6.07) is 7.22. The molecule has 0 bridgehead atoms. The first kappa shape index (κ1) is 15.6. The largest absolute Gasteiger partial charge is 0.385 e. The third kappa shape index (κ3) is 3.07. The molecule has 122 valence electrons. The van der Waals surface area contributed by atoms with Gasteiger partial charge in [-0.25, -0.2) is 4.79 Å². The number of carbonyl (C=O) groups excluding carboxylic acids is 2. The molecule has 2 aliphatic heterocycles. The number of urea groups is 1.